The number of carbonyl (C=O) groups excluding carboxylic acids is 1. The molecule has 10 heteroatoms. The smallest absolute Gasteiger partial charge is 0.281 e. The van der Waals surface area contributed by atoms with Crippen LogP contribution in [0.15, 0.2) is 59.0 Å². The van der Waals surface area contributed by atoms with Crippen molar-refractivity contribution in [2.45, 2.75) is 6.61 Å². The molecule has 0 bridgehead atoms. The number of nitro benzene ring substituents is 1. The van der Waals surface area contributed by atoms with E-state index in [2.05, 4.69) is 55.7 Å². The fourth-order valence-corrected chi connectivity index (χ4v) is 5.03. The Labute approximate surface area is 197 Å². The van der Waals surface area contributed by atoms with Gasteiger partial charge in [0, 0.05) is 12.1 Å². The minimum Gasteiger partial charge on any atom is -0.487 e. The van der Waals surface area contributed by atoms with Crippen molar-refractivity contribution in [2.75, 3.05) is 0 Å². The summed E-state index contributed by atoms with van der Waals surface area (Å²) in [7, 11) is 0. The molecule has 3 aromatic rings. The molecule has 29 heavy (non-hydrogen) atoms. The SMILES string of the molecule is O=C(N/N=C/c1cc(I)c(OCc2ccc([N+](=O)[O-])cc2)c(I)c1)c1cccs1. The van der Waals surface area contributed by atoms with E-state index in [9.17, 15) is 14.9 Å². The normalized spacial score (nSPS) is 10.8. The van der Waals surface area contributed by atoms with Crippen LogP contribution in [-0.4, -0.2) is 17.0 Å². The summed E-state index contributed by atoms with van der Waals surface area (Å²) >= 11 is 5.70. The van der Waals surface area contributed by atoms with Crippen LogP contribution in [0.2, 0.25) is 0 Å². The van der Waals surface area contributed by atoms with E-state index in [1.165, 1.54) is 23.5 Å². The van der Waals surface area contributed by atoms with Crippen LogP contribution in [0.3, 0.4) is 0 Å². The molecule has 1 aromatic heterocycles. The average Bonchev–Trinajstić information content (AvgIpc) is 3.22. The third kappa shape index (κ3) is 5.96. The molecular formula is C19H13I2N3O4S. The molecule has 0 aliphatic heterocycles. The van der Waals surface area contributed by atoms with Crippen LogP contribution in [0.4, 0.5) is 5.69 Å². The van der Waals surface area contributed by atoms with Crippen LogP contribution in [0, 0.1) is 17.3 Å². The van der Waals surface area contributed by atoms with Crippen molar-refractivity contribution in [3.63, 3.8) is 0 Å². The lowest BCUT2D eigenvalue weighted by Crippen LogP contribution is -2.16. The van der Waals surface area contributed by atoms with Crippen molar-refractivity contribution in [1.29, 1.82) is 0 Å². The van der Waals surface area contributed by atoms with Crippen LogP contribution >= 0.6 is 56.5 Å². The lowest BCUT2D eigenvalue weighted by Gasteiger charge is -2.11. The third-order valence-corrected chi connectivity index (χ3v) is 6.15. The number of hydrogen-bond donors (Lipinski definition) is 1. The number of carbonyl (C=O) groups is 1. The number of hydrazone groups is 1. The highest BCUT2D eigenvalue weighted by molar-refractivity contribution is 14.1. The first-order chi connectivity index (χ1) is 13.9. The average molecular weight is 633 g/mol. The zero-order valence-electron chi connectivity index (χ0n) is 14.7. The topological polar surface area (TPSA) is 93.8 Å². The highest BCUT2D eigenvalue weighted by Gasteiger charge is 2.10. The first-order valence-electron chi connectivity index (χ1n) is 8.16. The molecule has 0 spiro atoms. The molecule has 1 N–H and O–H groups in total. The van der Waals surface area contributed by atoms with Gasteiger partial charge in [0.15, 0.2) is 0 Å². The second-order valence-electron chi connectivity index (χ2n) is 5.70. The number of halogens is 2. The Hall–Kier alpha value is -2.06. The maximum absolute atomic E-state index is 11.9. The molecule has 0 atom stereocenters. The molecule has 0 aliphatic rings. The summed E-state index contributed by atoms with van der Waals surface area (Å²) in [6.07, 6.45) is 1.58. The van der Waals surface area contributed by atoms with E-state index in [0.717, 1.165) is 24.0 Å². The predicted octanol–water partition coefficient (Wildman–Crippen LogP) is 5.21. The highest BCUT2D eigenvalue weighted by atomic mass is 127. The fourth-order valence-electron chi connectivity index (χ4n) is 2.29. The summed E-state index contributed by atoms with van der Waals surface area (Å²) < 4.78 is 7.69. The minimum absolute atomic E-state index is 0.0488. The molecule has 0 aliphatic carbocycles. The largest absolute Gasteiger partial charge is 0.487 e. The number of hydrogen-bond acceptors (Lipinski definition) is 6. The Kier molecular flexibility index (Phi) is 7.55. The van der Waals surface area contributed by atoms with Crippen LogP contribution in [0.25, 0.3) is 0 Å². The number of nitrogens with one attached hydrogen (secondary N) is 1. The summed E-state index contributed by atoms with van der Waals surface area (Å²) in [5.74, 6) is 0.480. The van der Waals surface area contributed by atoms with Gasteiger partial charge < -0.3 is 4.74 Å². The third-order valence-electron chi connectivity index (χ3n) is 3.68. The monoisotopic (exact) mass is 633 g/mol. The molecule has 1 heterocycles. The van der Waals surface area contributed by atoms with Gasteiger partial charge in [0.05, 0.1) is 23.2 Å². The van der Waals surface area contributed by atoms with Gasteiger partial charge in [-0.25, -0.2) is 5.43 Å². The number of rotatable bonds is 7. The molecule has 0 unspecified atom stereocenters. The first kappa shape index (κ1) is 21.6. The standard InChI is InChI=1S/C19H13I2N3O4S/c20-15-8-13(10-22-23-19(25)17-2-1-7-29-17)9-16(21)18(15)28-11-12-3-5-14(6-4-12)24(26)27/h1-10H,11H2,(H,23,25)/b22-10+. The van der Waals surface area contributed by atoms with Crippen LogP contribution in [-0.2, 0) is 6.61 Å². The van der Waals surface area contributed by atoms with E-state index in [4.69, 9.17) is 4.74 Å². The van der Waals surface area contributed by atoms with E-state index in [1.54, 1.807) is 24.4 Å². The van der Waals surface area contributed by atoms with Gasteiger partial charge in [-0.1, -0.05) is 6.07 Å². The Morgan fingerprint density at radius 1 is 1.21 bits per heavy atom. The molecule has 1 amide bonds. The Bertz CT molecular complexity index is 1030. The zero-order chi connectivity index (χ0) is 20.8. The number of non-ortho nitro benzene ring substituents is 1. The molecule has 0 radical (unpaired) electrons. The Balaban J connectivity index is 1.63. The highest BCUT2D eigenvalue weighted by Crippen LogP contribution is 2.29. The maximum Gasteiger partial charge on any atom is 0.281 e. The summed E-state index contributed by atoms with van der Waals surface area (Å²) in [4.78, 5) is 22.8. The molecule has 2 aromatic carbocycles. The summed E-state index contributed by atoms with van der Waals surface area (Å²) in [5, 5.41) is 16.6. The molecule has 7 nitrogen and oxygen atoms in total. The Morgan fingerprint density at radius 2 is 1.90 bits per heavy atom. The van der Waals surface area contributed by atoms with Gasteiger partial charge in [-0.2, -0.15) is 5.10 Å². The van der Waals surface area contributed by atoms with Crippen molar-refractivity contribution in [3.05, 3.63) is 87.2 Å². The number of thiophene rings is 1. The van der Waals surface area contributed by atoms with Gasteiger partial charge in [0.25, 0.3) is 11.6 Å². The maximum atomic E-state index is 11.9. The number of benzene rings is 2. The van der Waals surface area contributed by atoms with Gasteiger partial charge in [-0.3, -0.25) is 14.9 Å². The van der Waals surface area contributed by atoms with E-state index in [-0.39, 0.29) is 11.6 Å². The van der Waals surface area contributed by atoms with Gasteiger partial charge in [-0.05, 0) is 92.0 Å². The van der Waals surface area contributed by atoms with Gasteiger partial charge in [0.2, 0.25) is 0 Å². The summed E-state index contributed by atoms with van der Waals surface area (Å²) in [6, 6.07) is 13.6. The molecule has 0 saturated heterocycles. The van der Waals surface area contributed by atoms with Crippen molar-refractivity contribution >= 4 is 74.3 Å². The van der Waals surface area contributed by atoms with Crippen molar-refractivity contribution in [1.82, 2.24) is 5.43 Å². The van der Waals surface area contributed by atoms with Crippen LogP contribution in [0.5, 0.6) is 5.75 Å². The van der Waals surface area contributed by atoms with E-state index in [1.807, 2.05) is 23.6 Å². The quantitative estimate of drug-likeness (QED) is 0.168. The Morgan fingerprint density at radius 3 is 2.48 bits per heavy atom. The second kappa shape index (κ2) is 10.1. The van der Waals surface area contributed by atoms with Crippen molar-refractivity contribution < 1.29 is 14.5 Å². The van der Waals surface area contributed by atoms with Gasteiger partial charge in [-0.15, -0.1) is 11.3 Å². The van der Waals surface area contributed by atoms with Crippen LogP contribution < -0.4 is 10.2 Å². The number of nitro groups is 1. The molecule has 0 fully saturated rings. The van der Waals surface area contributed by atoms with E-state index >= 15 is 0 Å². The molecular weight excluding hydrogens is 620 g/mol. The number of nitrogens with zero attached hydrogens (tertiary/aromatic N) is 2. The van der Waals surface area contributed by atoms with Crippen molar-refractivity contribution in [2.24, 2.45) is 5.10 Å². The number of amides is 1. The molecule has 0 saturated carbocycles. The van der Waals surface area contributed by atoms with E-state index < -0.39 is 4.92 Å². The van der Waals surface area contributed by atoms with Crippen molar-refractivity contribution in [3.8, 4) is 5.75 Å². The minimum atomic E-state index is -0.431. The predicted molar refractivity (Wildman–Crippen MR) is 129 cm³/mol. The molecule has 148 valence electrons. The lowest BCUT2D eigenvalue weighted by molar-refractivity contribution is -0.384. The van der Waals surface area contributed by atoms with E-state index in [0.29, 0.717) is 11.5 Å². The van der Waals surface area contributed by atoms with Crippen LogP contribution in [0.1, 0.15) is 20.8 Å². The summed E-state index contributed by atoms with van der Waals surface area (Å²) in [5.41, 5.74) is 4.22. The molecule has 3 rings (SSSR count). The number of ether oxygens (including phenoxy) is 1. The lowest BCUT2D eigenvalue weighted by atomic mass is 10.2. The van der Waals surface area contributed by atoms with Gasteiger partial charge in [0.1, 0.15) is 12.4 Å². The first-order valence-corrected chi connectivity index (χ1v) is 11.2. The second-order valence-corrected chi connectivity index (χ2v) is 8.97. The zero-order valence-corrected chi connectivity index (χ0v) is 19.8. The van der Waals surface area contributed by atoms with Gasteiger partial charge >= 0.3 is 0 Å². The summed E-state index contributed by atoms with van der Waals surface area (Å²) in [6.45, 7) is 0.300. The fraction of sp³-hybridized carbons (Fsp3) is 0.0526.